The highest BCUT2D eigenvalue weighted by Gasteiger charge is 2.16. The van der Waals surface area contributed by atoms with E-state index in [4.69, 9.17) is 20.3 Å². The number of nitrogens with one attached hydrogen (secondary N) is 2. The van der Waals surface area contributed by atoms with Crippen LogP contribution in [-0.4, -0.2) is 75.4 Å². The van der Waals surface area contributed by atoms with Crippen LogP contribution in [0.2, 0.25) is 0 Å². The quantitative estimate of drug-likeness (QED) is 0.151. The Balaban J connectivity index is 4.73. The second kappa shape index (κ2) is 13.8. The second-order valence-corrected chi connectivity index (χ2v) is 4.79. The van der Waals surface area contributed by atoms with Crippen LogP contribution in [-0.2, 0) is 38.1 Å². The molecule has 11 nitrogen and oxygen atoms in total. The van der Waals surface area contributed by atoms with E-state index in [1.54, 1.807) is 0 Å². The van der Waals surface area contributed by atoms with E-state index in [9.17, 15) is 19.2 Å². The molecule has 0 atom stereocenters. The molecule has 0 unspecified atom stereocenters. The van der Waals surface area contributed by atoms with Gasteiger partial charge in [0, 0.05) is 36.8 Å². The van der Waals surface area contributed by atoms with E-state index in [-0.39, 0.29) is 19.8 Å². The first kappa shape index (κ1) is 23.5. The van der Waals surface area contributed by atoms with Crippen molar-refractivity contribution >= 4 is 36.6 Å². The Hall–Kier alpha value is -3.50. The molecule has 0 aromatic rings. The minimum Gasteiger partial charge on any atom is -0.466 e. The summed E-state index contributed by atoms with van der Waals surface area (Å²) in [5.74, 6) is -3.68. The van der Waals surface area contributed by atoms with Crippen molar-refractivity contribution in [3.8, 4) is 0 Å². The van der Waals surface area contributed by atoms with Crippen molar-refractivity contribution in [1.82, 2.24) is 4.90 Å². The number of ether oxygens (including phenoxy) is 4. The predicted octanol–water partition coefficient (Wildman–Crippen LogP) is -0.336. The van der Waals surface area contributed by atoms with Crippen molar-refractivity contribution in [2.75, 3.05) is 34.0 Å². The molecule has 0 aliphatic carbocycles. The van der Waals surface area contributed by atoms with Crippen LogP contribution in [0.5, 0.6) is 0 Å². The lowest BCUT2D eigenvalue weighted by molar-refractivity contribution is -0.144. The maximum atomic E-state index is 11.6. The van der Waals surface area contributed by atoms with Gasteiger partial charge in [-0.1, -0.05) is 0 Å². The van der Waals surface area contributed by atoms with E-state index in [1.807, 2.05) is 0 Å². The molecular weight excluding hydrogens is 362 g/mol. The Morgan fingerprint density at radius 1 is 0.778 bits per heavy atom. The average molecular weight is 383 g/mol. The highest BCUT2D eigenvalue weighted by atomic mass is 16.5. The summed E-state index contributed by atoms with van der Waals surface area (Å²) < 4.78 is 18.6. The molecule has 11 heteroatoms. The van der Waals surface area contributed by atoms with Crippen molar-refractivity contribution in [3.63, 3.8) is 0 Å². The Labute approximate surface area is 155 Å². The molecule has 2 N–H and O–H groups in total. The van der Waals surface area contributed by atoms with E-state index in [1.165, 1.54) is 4.90 Å². The minimum atomic E-state index is -0.821. The molecule has 0 spiro atoms. The van der Waals surface area contributed by atoms with Crippen molar-refractivity contribution in [3.05, 3.63) is 24.3 Å². The summed E-state index contributed by atoms with van der Waals surface area (Å²) >= 11 is 0. The number of carbonyl (C=O) groups is 4. The lowest BCUT2D eigenvalue weighted by atomic mass is 10.1. The Bertz CT molecular complexity index is 565. The van der Waals surface area contributed by atoms with Gasteiger partial charge < -0.3 is 23.8 Å². The highest BCUT2D eigenvalue weighted by molar-refractivity contribution is 5.92. The molecule has 0 aliphatic heterocycles. The largest absolute Gasteiger partial charge is 0.466 e. The number of carbonyl (C=O) groups excluding carboxylic acids is 4. The molecule has 0 rings (SSSR count). The van der Waals surface area contributed by atoms with Gasteiger partial charge in [0.15, 0.2) is 0 Å². The molecule has 0 fully saturated rings. The number of esters is 4. The summed E-state index contributed by atoms with van der Waals surface area (Å²) in [5.41, 5.74) is 0. The lowest BCUT2D eigenvalue weighted by Crippen LogP contribution is -2.33. The molecule has 148 valence electrons. The molecule has 0 heterocycles. The van der Waals surface area contributed by atoms with Crippen LogP contribution >= 0.6 is 0 Å². The van der Waals surface area contributed by atoms with Gasteiger partial charge >= 0.3 is 23.9 Å². The van der Waals surface area contributed by atoms with Crippen LogP contribution in [0, 0.1) is 16.7 Å². The van der Waals surface area contributed by atoms with Crippen molar-refractivity contribution < 1.29 is 38.1 Å². The third kappa shape index (κ3) is 11.6. The molecular formula is C16H21N3O8. The van der Waals surface area contributed by atoms with Gasteiger partial charge in [0.05, 0.1) is 40.1 Å². The van der Waals surface area contributed by atoms with Crippen LogP contribution in [0.1, 0.15) is 0 Å². The fourth-order valence-corrected chi connectivity index (χ4v) is 1.50. The normalized spacial score (nSPS) is 10.5. The predicted molar refractivity (Wildman–Crippen MR) is 92.0 cm³/mol. The van der Waals surface area contributed by atoms with E-state index >= 15 is 0 Å². The zero-order chi connectivity index (χ0) is 20.7. The average Bonchev–Trinajstić information content (AvgIpc) is 2.69. The van der Waals surface area contributed by atoms with Gasteiger partial charge in [-0.25, -0.2) is 19.2 Å². The summed E-state index contributed by atoms with van der Waals surface area (Å²) in [6.45, 7) is -0.373. The third-order valence-corrected chi connectivity index (χ3v) is 2.84. The topological polar surface area (TPSA) is 156 Å². The number of hydrogen-bond acceptors (Lipinski definition) is 10. The third-order valence-electron chi connectivity index (χ3n) is 2.84. The molecule has 0 aromatic carbocycles. The van der Waals surface area contributed by atoms with Gasteiger partial charge in [-0.2, -0.15) is 0 Å². The number of nitrogens with zero attached hydrogens (tertiary/aromatic N) is 1. The van der Waals surface area contributed by atoms with Gasteiger partial charge in [0.2, 0.25) is 0 Å². The Morgan fingerprint density at radius 3 is 1.48 bits per heavy atom. The Kier molecular flexibility index (Phi) is 12.0. The summed E-state index contributed by atoms with van der Waals surface area (Å²) in [6, 6.07) is 0. The monoisotopic (exact) mass is 383 g/mol. The van der Waals surface area contributed by atoms with Crippen LogP contribution in [0.15, 0.2) is 24.3 Å². The zero-order valence-corrected chi connectivity index (χ0v) is 14.9. The second-order valence-electron chi connectivity index (χ2n) is 4.79. The smallest absolute Gasteiger partial charge is 0.331 e. The van der Waals surface area contributed by atoms with Gasteiger partial charge in [-0.15, -0.1) is 0 Å². The summed E-state index contributed by atoms with van der Waals surface area (Å²) in [6.07, 6.45) is 5.26. The molecule has 0 aliphatic rings. The van der Waals surface area contributed by atoms with Crippen LogP contribution < -0.4 is 0 Å². The summed E-state index contributed by atoms with van der Waals surface area (Å²) in [7, 11) is 2.31. The maximum absolute atomic E-state index is 11.6. The van der Waals surface area contributed by atoms with Crippen molar-refractivity contribution in [2.24, 2.45) is 5.92 Å². The first-order valence-electron chi connectivity index (χ1n) is 7.48. The SMILES string of the molecule is COC(=O)/C=C/C(=O)OCC(COC(=O)/C=C/C(=O)OC)CN(C=N)C=N. The van der Waals surface area contributed by atoms with Gasteiger partial charge in [0.25, 0.3) is 0 Å². The van der Waals surface area contributed by atoms with E-state index in [0.717, 1.165) is 51.2 Å². The van der Waals surface area contributed by atoms with Crippen molar-refractivity contribution in [1.29, 1.82) is 10.8 Å². The van der Waals surface area contributed by atoms with Crippen LogP contribution in [0.25, 0.3) is 0 Å². The molecule has 0 radical (unpaired) electrons. The van der Waals surface area contributed by atoms with E-state index in [0.29, 0.717) is 0 Å². The summed E-state index contributed by atoms with van der Waals surface area (Å²) in [5, 5.41) is 14.3. The van der Waals surface area contributed by atoms with Crippen molar-refractivity contribution in [2.45, 2.75) is 0 Å². The number of hydrogen-bond donors (Lipinski definition) is 2. The first-order valence-corrected chi connectivity index (χ1v) is 7.48. The standard InChI is InChI=1S/C16H21N3O8/c1-24-13(20)3-5-15(22)26-8-12(7-19(10-17)11-18)9-27-16(23)6-4-14(21)25-2/h3-6,10-12,17-18H,7-9H2,1-2H3/b5-3+,6-4+,17-10?,18-11?. The molecule has 0 bridgehead atoms. The fourth-order valence-electron chi connectivity index (χ4n) is 1.50. The van der Waals surface area contributed by atoms with Crippen LogP contribution in [0.4, 0.5) is 0 Å². The lowest BCUT2D eigenvalue weighted by Gasteiger charge is -2.21. The first-order chi connectivity index (χ1) is 12.9. The highest BCUT2D eigenvalue weighted by Crippen LogP contribution is 2.03. The molecule has 0 saturated heterocycles. The maximum Gasteiger partial charge on any atom is 0.331 e. The zero-order valence-electron chi connectivity index (χ0n) is 14.9. The van der Waals surface area contributed by atoms with E-state index in [2.05, 4.69) is 9.47 Å². The van der Waals surface area contributed by atoms with Crippen LogP contribution in [0.3, 0.4) is 0 Å². The molecule has 0 saturated carbocycles. The summed E-state index contributed by atoms with van der Waals surface area (Å²) in [4.78, 5) is 46.1. The van der Waals surface area contributed by atoms with Gasteiger partial charge in [-0.3, -0.25) is 10.8 Å². The Morgan fingerprint density at radius 2 is 1.15 bits per heavy atom. The fraction of sp³-hybridized carbons (Fsp3) is 0.375. The van der Waals surface area contributed by atoms with Gasteiger partial charge in [-0.05, 0) is 0 Å². The molecule has 0 aromatic heterocycles. The van der Waals surface area contributed by atoms with Gasteiger partial charge in [0.1, 0.15) is 0 Å². The number of methoxy groups -OCH3 is 2. The number of rotatable bonds is 12. The van der Waals surface area contributed by atoms with E-state index < -0.39 is 29.8 Å². The minimum absolute atomic E-state index is 0.0506. The molecule has 0 amide bonds. The molecule has 27 heavy (non-hydrogen) atoms.